The predicted molar refractivity (Wildman–Crippen MR) is 108 cm³/mol. The van der Waals surface area contributed by atoms with Crippen molar-refractivity contribution in [2.45, 2.75) is 6.92 Å². The maximum Gasteiger partial charge on any atom is 0.263 e. The van der Waals surface area contributed by atoms with E-state index in [1.165, 1.54) is 15.6 Å². The molecule has 0 aliphatic heterocycles. The molecule has 28 heavy (non-hydrogen) atoms. The molecule has 0 spiro atoms. The minimum atomic E-state index is -0.420. The van der Waals surface area contributed by atoms with Crippen LogP contribution in [0.4, 0.5) is 5.82 Å². The van der Waals surface area contributed by atoms with Gasteiger partial charge in [-0.2, -0.15) is 19.9 Å². The third-order valence-electron chi connectivity index (χ3n) is 4.04. The molecule has 1 amide bonds. The van der Waals surface area contributed by atoms with Crippen LogP contribution in [-0.2, 0) is 7.05 Å². The average molecular weight is 463 g/mol. The highest BCUT2D eigenvalue weighted by Gasteiger charge is 2.17. The van der Waals surface area contributed by atoms with E-state index in [0.29, 0.717) is 33.1 Å². The minimum Gasteiger partial charge on any atom is -0.306 e. The lowest BCUT2D eigenvalue weighted by Crippen LogP contribution is -2.19. The maximum absolute atomic E-state index is 12.7. The number of carbonyl (C=O) groups is 1. The first-order chi connectivity index (χ1) is 13.3. The van der Waals surface area contributed by atoms with Crippen LogP contribution in [0, 0.1) is 6.92 Å². The summed E-state index contributed by atoms with van der Waals surface area (Å²) in [6, 6.07) is 6.65. The lowest BCUT2D eigenvalue weighted by Gasteiger charge is -2.09. The minimum absolute atomic E-state index is 0.157. The fourth-order valence-electron chi connectivity index (χ4n) is 2.73. The lowest BCUT2D eigenvalue weighted by atomic mass is 10.2. The Bertz CT molecular complexity index is 1290. The largest absolute Gasteiger partial charge is 0.306 e. The molecule has 3 heterocycles. The van der Waals surface area contributed by atoms with E-state index in [1.54, 1.807) is 38.2 Å². The third-order valence-corrected chi connectivity index (χ3v) is 4.86. The van der Waals surface area contributed by atoms with Crippen LogP contribution in [0.2, 0.25) is 5.02 Å². The first-order valence-electron chi connectivity index (χ1n) is 8.09. The number of anilines is 1. The van der Waals surface area contributed by atoms with Crippen LogP contribution in [0.1, 0.15) is 16.1 Å². The molecule has 2 N–H and O–H groups in total. The van der Waals surface area contributed by atoms with E-state index in [1.807, 2.05) is 0 Å². The van der Waals surface area contributed by atoms with Crippen molar-refractivity contribution in [2.75, 3.05) is 5.32 Å². The van der Waals surface area contributed by atoms with Crippen molar-refractivity contribution in [3.63, 3.8) is 0 Å². The van der Waals surface area contributed by atoms with Crippen LogP contribution in [0.25, 0.3) is 17.0 Å². The Morgan fingerprint density at radius 2 is 2.11 bits per heavy atom. The molecule has 9 nitrogen and oxygen atoms in total. The van der Waals surface area contributed by atoms with Crippen molar-refractivity contribution in [3.05, 3.63) is 61.6 Å². The number of H-pyrrole nitrogens is 1. The summed E-state index contributed by atoms with van der Waals surface area (Å²) in [7, 11) is 1.69. The number of halogens is 2. The molecule has 0 saturated heterocycles. The second-order valence-electron chi connectivity index (χ2n) is 6.06. The molecular weight excluding hydrogens is 450 g/mol. The fraction of sp³-hybridized carbons (Fsp3) is 0.118. The first kappa shape index (κ1) is 18.4. The van der Waals surface area contributed by atoms with E-state index >= 15 is 0 Å². The number of aromatic amines is 1. The summed E-state index contributed by atoms with van der Waals surface area (Å²) in [5, 5.41) is 11.8. The zero-order valence-corrected chi connectivity index (χ0v) is 17.0. The zero-order chi connectivity index (χ0) is 20.0. The SMILES string of the molecule is Cc1cc(NC(=O)c2cc(Br)ccc2Cl)n(-c2nc3c(cnn3C)c(=O)[nH]2)n1. The summed E-state index contributed by atoms with van der Waals surface area (Å²) in [5.74, 6) is 0.0736. The Hall–Kier alpha value is -2.98. The van der Waals surface area contributed by atoms with Gasteiger partial charge < -0.3 is 5.32 Å². The van der Waals surface area contributed by atoms with Crippen LogP contribution >= 0.6 is 27.5 Å². The number of nitrogens with one attached hydrogen (secondary N) is 2. The van der Waals surface area contributed by atoms with E-state index in [0.717, 1.165) is 4.47 Å². The van der Waals surface area contributed by atoms with Crippen LogP contribution in [0.15, 0.2) is 39.7 Å². The molecule has 0 atom stereocenters. The normalized spacial score (nSPS) is 11.1. The van der Waals surface area contributed by atoms with Gasteiger partial charge in [0, 0.05) is 17.6 Å². The number of rotatable bonds is 3. The molecule has 0 fully saturated rings. The van der Waals surface area contributed by atoms with Gasteiger partial charge in [0.15, 0.2) is 5.65 Å². The van der Waals surface area contributed by atoms with Crippen molar-refractivity contribution in [2.24, 2.45) is 7.05 Å². The number of fused-ring (bicyclic) bond motifs is 1. The van der Waals surface area contributed by atoms with E-state index in [2.05, 4.69) is 41.4 Å². The molecule has 3 aromatic heterocycles. The molecule has 0 radical (unpaired) electrons. The molecule has 0 unspecified atom stereocenters. The summed E-state index contributed by atoms with van der Waals surface area (Å²) >= 11 is 9.46. The topological polar surface area (TPSA) is 110 Å². The second-order valence-corrected chi connectivity index (χ2v) is 7.38. The van der Waals surface area contributed by atoms with Gasteiger partial charge in [0.1, 0.15) is 11.2 Å². The van der Waals surface area contributed by atoms with Gasteiger partial charge in [-0.1, -0.05) is 27.5 Å². The van der Waals surface area contributed by atoms with Crippen molar-refractivity contribution < 1.29 is 4.79 Å². The average Bonchev–Trinajstić information content (AvgIpc) is 3.20. The van der Waals surface area contributed by atoms with Crippen LogP contribution in [0.5, 0.6) is 0 Å². The molecule has 4 aromatic rings. The fourth-order valence-corrected chi connectivity index (χ4v) is 3.29. The van der Waals surface area contributed by atoms with E-state index < -0.39 is 5.91 Å². The van der Waals surface area contributed by atoms with Gasteiger partial charge in [0.05, 0.1) is 22.5 Å². The lowest BCUT2D eigenvalue weighted by molar-refractivity contribution is 0.102. The van der Waals surface area contributed by atoms with Crippen molar-refractivity contribution in [1.29, 1.82) is 0 Å². The van der Waals surface area contributed by atoms with E-state index in [9.17, 15) is 9.59 Å². The molecular formula is C17H13BrClN7O2. The first-order valence-corrected chi connectivity index (χ1v) is 9.26. The summed E-state index contributed by atoms with van der Waals surface area (Å²) in [6.45, 7) is 1.76. The van der Waals surface area contributed by atoms with Gasteiger partial charge in [0.2, 0.25) is 5.95 Å². The molecule has 0 aliphatic carbocycles. The Labute approximate surface area is 171 Å². The number of hydrogen-bond donors (Lipinski definition) is 2. The molecule has 0 aliphatic rings. The monoisotopic (exact) mass is 461 g/mol. The van der Waals surface area contributed by atoms with Gasteiger partial charge in [-0.15, -0.1) is 0 Å². The van der Waals surface area contributed by atoms with Crippen molar-refractivity contribution in [3.8, 4) is 5.95 Å². The zero-order valence-electron chi connectivity index (χ0n) is 14.7. The van der Waals surface area contributed by atoms with Gasteiger partial charge in [-0.05, 0) is 25.1 Å². The molecule has 1 aromatic carbocycles. The van der Waals surface area contributed by atoms with Gasteiger partial charge in [-0.25, -0.2) is 0 Å². The Balaban J connectivity index is 1.77. The number of aromatic nitrogens is 6. The molecule has 4 rings (SSSR count). The van der Waals surface area contributed by atoms with Crippen molar-refractivity contribution in [1.82, 2.24) is 29.5 Å². The summed E-state index contributed by atoms with van der Waals surface area (Å²) in [5.41, 5.74) is 0.973. The second kappa shape index (κ2) is 6.88. The number of nitrogens with zero attached hydrogens (tertiary/aromatic N) is 5. The third kappa shape index (κ3) is 3.20. The quantitative estimate of drug-likeness (QED) is 0.486. The maximum atomic E-state index is 12.7. The molecule has 0 bridgehead atoms. The summed E-state index contributed by atoms with van der Waals surface area (Å²) < 4.78 is 3.57. The highest BCUT2D eigenvalue weighted by molar-refractivity contribution is 9.10. The Morgan fingerprint density at radius 3 is 2.89 bits per heavy atom. The standard InChI is InChI=1S/C17H13BrClN7O2/c1-8-5-13(21-15(27)10-6-9(18)3-4-12(10)19)26(24-8)17-22-14-11(16(28)23-17)7-20-25(14)2/h3-7H,1-2H3,(H,21,27)(H,22,23,28). The van der Waals surface area contributed by atoms with Gasteiger partial charge in [0.25, 0.3) is 11.5 Å². The Morgan fingerprint density at radius 1 is 1.32 bits per heavy atom. The number of aryl methyl sites for hydroxylation is 2. The highest BCUT2D eigenvalue weighted by atomic mass is 79.9. The number of hydrogen-bond acceptors (Lipinski definition) is 5. The van der Waals surface area contributed by atoms with Crippen LogP contribution in [-0.4, -0.2) is 35.4 Å². The summed E-state index contributed by atoms with van der Waals surface area (Å²) in [6.07, 6.45) is 1.44. The number of amides is 1. The number of carbonyl (C=O) groups excluding carboxylic acids is 1. The van der Waals surface area contributed by atoms with E-state index in [-0.39, 0.29) is 11.5 Å². The number of benzene rings is 1. The molecule has 11 heteroatoms. The molecule has 0 saturated carbocycles. The highest BCUT2D eigenvalue weighted by Crippen LogP contribution is 2.23. The van der Waals surface area contributed by atoms with Gasteiger partial charge in [-0.3, -0.25) is 19.3 Å². The van der Waals surface area contributed by atoms with Crippen LogP contribution < -0.4 is 10.9 Å². The summed E-state index contributed by atoms with van der Waals surface area (Å²) in [4.78, 5) is 32.1. The van der Waals surface area contributed by atoms with Crippen molar-refractivity contribution >= 4 is 50.3 Å². The van der Waals surface area contributed by atoms with Gasteiger partial charge >= 0.3 is 0 Å². The smallest absolute Gasteiger partial charge is 0.263 e. The van der Waals surface area contributed by atoms with Crippen LogP contribution in [0.3, 0.4) is 0 Å². The molecule has 142 valence electrons. The van der Waals surface area contributed by atoms with E-state index in [4.69, 9.17) is 11.6 Å². The predicted octanol–water partition coefficient (Wildman–Crippen LogP) is 2.82. The Kier molecular flexibility index (Phi) is 4.52.